The zero-order chi connectivity index (χ0) is 14.5. The van der Waals surface area contributed by atoms with E-state index in [-0.39, 0.29) is 11.7 Å². The number of hydrogen-bond donors (Lipinski definition) is 2. The Morgan fingerprint density at radius 3 is 2.80 bits per heavy atom. The van der Waals surface area contributed by atoms with Crippen molar-refractivity contribution in [2.24, 2.45) is 0 Å². The molecular weight excluding hydrogens is 254 g/mol. The first-order valence-corrected chi connectivity index (χ1v) is 6.76. The molecule has 0 aliphatic carbocycles. The summed E-state index contributed by atoms with van der Waals surface area (Å²) in [7, 11) is 0. The average Bonchev–Trinajstić information content (AvgIpc) is 2.88. The summed E-state index contributed by atoms with van der Waals surface area (Å²) in [4.78, 5) is 12.2. The van der Waals surface area contributed by atoms with Crippen molar-refractivity contribution in [1.29, 1.82) is 0 Å². The van der Waals surface area contributed by atoms with Gasteiger partial charge in [0, 0.05) is 13.1 Å². The lowest BCUT2D eigenvalue weighted by Gasteiger charge is -2.07. The van der Waals surface area contributed by atoms with Gasteiger partial charge >= 0.3 is 0 Å². The van der Waals surface area contributed by atoms with Gasteiger partial charge in [0.05, 0.1) is 5.69 Å². The van der Waals surface area contributed by atoms with E-state index in [2.05, 4.69) is 10.4 Å². The van der Waals surface area contributed by atoms with Crippen LogP contribution in [0.25, 0.3) is 0 Å². The fraction of sp³-hybridized carbons (Fsp3) is 0.333. The molecule has 0 saturated heterocycles. The Hall–Kier alpha value is -2.30. The number of amides is 1. The highest BCUT2D eigenvalue weighted by Crippen LogP contribution is 2.11. The van der Waals surface area contributed by atoms with E-state index >= 15 is 0 Å². The maximum atomic E-state index is 12.2. The van der Waals surface area contributed by atoms with Crippen molar-refractivity contribution in [2.45, 2.75) is 33.4 Å². The Morgan fingerprint density at radius 2 is 2.15 bits per heavy atom. The number of phenols is 1. The van der Waals surface area contributed by atoms with Gasteiger partial charge in [-0.3, -0.25) is 9.48 Å². The highest BCUT2D eigenvalue weighted by atomic mass is 16.3. The maximum Gasteiger partial charge on any atom is 0.269 e. The predicted molar refractivity (Wildman–Crippen MR) is 76.6 cm³/mol. The number of nitrogens with zero attached hydrogens (tertiary/aromatic N) is 2. The predicted octanol–water partition coefficient (Wildman–Crippen LogP) is 2.10. The summed E-state index contributed by atoms with van der Waals surface area (Å²) in [6.07, 6.45) is 0.805. The maximum absolute atomic E-state index is 12.2. The zero-order valence-corrected chi connectivity index (χ0v) is 11.8. The molecule has 20 heavy (non-hydrogen) atoms. The minimum Gasteiger partial charge on any atom is -0.508 e. The second kappa shape index (κ2) is 6.23. The lowest BCUT2D eigenvalue weighted by molar-refractivity contribution is 0.0940. The summed E-state index contributed by atoms with van der Waals surface area (Å²) in [6.45, 7) is 5.01. The summed E-state index contributed by atoms with van der Waals surface area (Å²) in [5.41, 5.74) is 2.34. The van der Waals surface area contributed by atoms with Crippen LogP contribution in [0, 0.1) is 0 Å². The Morgan fingerprint density at radius 1 is 1.35 bits per heavy atom. The number of nitrogens with one attached hydrogen (secondary N) is 1. The zero-order valence-electron chi connectivity index (χ0n) is 11.8. The van der Waals surface area contributed by atoms with Gasteiger partial charge in [0.15, 0.2) is 0 Å². The number of benzene rings is 1. The van der Waals surface area contributed by atoms with Crippen molar-refractivity contribution >= 4 is 5.91 Å². The first-order valence-electron chi connectivity index (χ1n) is 6.76. The van der Waals surface area contributed by atoms with E-state index in [0.717, 1.165) is 17.7 Å². The second-order valence-corrected chi connectivity index (χ2v) is 4.54. The third-order valence-electron chi connectivity index (χ3n) is 3.09. The van der Waals surface area contributed by atoms with Crippen LogP contribution in [0.5, 0.6) is 5.75 Å². The minimum absolute atomic E-state index is 0.151. The lowest BCUT2D eigenvalue weighted by atomic mass is 10.2. The van der Waals surface area contributed by atoms with Crippen molar-refractivity contribution in [3.63, 3.8) is 0 Å². The first kappa shape index (κ1) is 14.1. The molecule has 0 aliphatic heterocycles. The minimum atomic E-state index is -0.151. The van der Waals surface area contributed by atoms with Gasteiger partial charge in [-0.05, 0) is 37.1 Å². The van der Waals surface area contributed by atoms with Crippen molar-refractivity contribution in [1.82, 2.24) is 15.1 Å². The third-order valence-corrected chi connectivity index (χ3v) is 3.09. The molecule has 1 aromatic carbocycles. The molecular formula is C15H19N3O2. The molecule has 0 saturated carbocycles. The van der Waals surface area contributed by atoms with Crippen molar-refractivity contribution in [3.05, 3.63) is 47.3 Å². The van der Waals surface area contributed by atoms with Gasteiger partial charge in [-0.2, -0.15) is 5.10 Å². The number of hydrogen-bond acceptors (Lipinski definition) is 3. The monoisotopic (exact) mass is 273 g/mol. The van der Waals surface area contributed by atoms with Gasteiger partial charge < -0.3 is 10.4 Å². The fourth-order valence-corrected chi connectivity index (χ4v) is 2.01. The molecule has 0 fully saturated rings. The van der Waals surface area contributed by atoms with Crippen molar-refractivity contribution in [3.8, 4) is 5.75 Å². The topological polar surface area (TPSA) is 67.2 Å². The molecule has 5 nitrogen and oxygen atoms in total. The fourth-order valence-electron chi connectivity index (χ4n) is 2.01. The quantitative estimate of drug-likeness (QED) is 0.876. The molecule has 0 bridgehead atoms. The summed E-state index contributed by atoms with van der Waals surface area (Å²) >= 11 is 0. The van der Waals surface area contributed by atoms with Crippen LogP contribution in [0.1, 0.15) is 35.6 Å². The Kier molecular flexibility index (Phi) is 4.40. The Labute approximate surface area is 118 Å². The molecule has 2 aromatic rings. The van der Waals surface area contributed by atoms with Crippen molar-refractivity contribution < 1.29 is 9.90 Å². The number of carbonyl (C=O) groups is 1. The summed E-state index contributed by atoms with van der Waals surface area (Å²) in [6, 6.07) is 8.66. The molecule has 0 spiro atoms. The van der Waals surface area contributed by atoms with Crippen LogP contribution in [0.15, 0.2) is 30.3 Å². The highest BCUT2D eigenvalue weighted by Gasteiger charge is 2.13. The van der Waals surface area contributed by atoms with E-state index in [1.165, 1.54) is 0 Å². The standard InChI is InChI=1S/C15H19N3O2/c1-3-12-9-14(18(4-2)17-12)15(20)16-10-11-6-5-7-13(19)8-11/h5-9,19H,3-4,10H2,1-2H3,(H,16,20). The average molecular weight is 273 g/mol. The van der Waals surface area contributed by atoms with E-state index in [1.54, 1.807) is 22.9 Å². The summed E-state index contributed by atoms with van der Waals surface area (Å²) < 4.78 is 1.70. The molecule has 2 N–H and O–H groups in total. The molecule has 1 amide bonds. The smallest absolute Gasteiger partial charge is 0.269 e. The van der Waals surface area contributed by atoms with Crippen LogP contribution in [0.3, 0.4) is 0 Å². The second-order valence-electron chi connectivity index (χ2n) is 4.54. The van der Waals surface area contributed by atoms with Crippen LogP contribution in [0.2, 0.25) is 0 Å². The highest BCUT2D eigenvalue weighted by molar-refractivity contribution is 5.92. The number of aromatic nitrogens is 2. The first-order chi connectivity index (χ1) is 9.63. The van der Waals surface area contributed by atoms with Gasteiger partial charge in [0.2, 0.25) is 0 Å². The number of rotatable bonds is 5. The molecule has 2 rings (SSSR count). The van der Waals surface area contributed by atoms with E-state index in [1.807, 2.05) is 26.0 Å². The summed E-state index contributed by atoms with van der Waals surface area (Å²) in [5.74, 6) is 0.0472. The molecule has 1 aromatic heterocycles. The van der Waals surface area contributed by atoms with Crippen molar-refractivity contribution in [2.75, 3.05) is 0 Å². The third kappa shape index (κ3) is 3.17. The number of carbonyl (C=O) groups excluding carboxylic acids is 1. The van der Waals surface area contributed by atoms with Crippen LogP contribution in [-0.4, -0.2) is 20.8 Å². The normalized spacial score (nSPS) is 10.5. The number of aromatic hydroxyl groups is 1. The molecule has 0 radical (unpaired) electrons. The Balaban J connectivity index is 2.06. The van der Waals surface area contributed by atoms with Gasteiger partial charge in [-0.25, -0.2) is 0 Å². The van der Waals surface area contributed by atoms with Gasteiger partial charge in [-0.15, -0.1) is 0 Å². The van der Waals surface area contributed by atoms with Gasteiger partial charge in [0.1, 0.15) is 11.4 Å². The number of phenolic OH excluding ortho intramolecular Hbond substituents is 1. The van der Waals surface area contributed by atoms with Crippen LogP contribution >= 0.6 is 0 Å². The van der Waals surface area contributed by atoms with E-state index in [9.17, 15) is 9.90 Å². The molecule has 0 aliphatic rings. The molecule has 1 heterocycles. The molecule has 106 valence electrons. The lowest BCUT2D eigenvalue weighted by Crippen LogP contribution is -2.25. The molecule has 5 heteroatoms. The SMILES string of the molecule is CCc1cc(C(=O)NCc2cccc(O)c2)n(CC)n1. The van der Waals surface area contributed by atoms with Gasteiger partial charge in [-0.1, -0.05) is 19.1 Å². The van der Waals surface area contributed by atoms with Crippen LogP contribution in [-0.2, 0) is 19.5 Å². The number of aryl methyl sites for hydroxylation is 2. The van der Waals surface area contributed by atoms with Gasteiger partial charge in [0.25, 0.3) is 5.91 Å². The molecule has 0 unspecified atom stereocenters. The summed E-state index contributed by atoms with van der Waals surface area (Å²) in [5, 5.41) is 16.6. The van der Waals surface area contributed by atoms with Crippen LogP contribution < -0.4 is 5.32 Å². The largest absolute Gasteiger partial charge is 0.508 e. The van der Waals surface area contributed by atoms with E-state index in [4.69, 9.17) is 0 Å². The van der Waals surface area contributed by atoms with E-state index in [0.29, 0.717) is 18.8 Å². The molecule has 0 atom stereocenters. The van der Waals surface area contributed by atoms with Crippen LogP contribution in [0.4, 0.5) is 0 Å². The Bertz CT molecular complexity index is 605. The van der Waals surface area contributed by atoms with E-state index < -0.39 is 0 Å².